The van der Waals surface area contributed by atoms with Gasteiger partial charge >= 0.3 is 6.09 Å². The van der Waals surface area contributed by atoms with Gasteiger partial charge in [-0.05, 0) is 63.9 Å². The summed E-state index contributed by atoms with van der Waals surface area (Å²) in [5.41, 5.74) is 2.58. The maximum absolute atomic E-state index is 13.3. The molecule has 1 fully saturated rings. The number of nitrogens with one attached hydrogen (secondary N) is 2. The molecule has 12 heteroatoms. The van der Waals surface area contributed by atoms with Crippen LogP contribution in [0.4, 0.5) is 10.7 Å². The van der Waals surface area contributed by atoms with Crippen molar-refractivity contribution in [1.82, 2.24) is 20.2 Å². The van der Waals surface area contributed by atoms with E-state index in [9.17, 15) is 18.0 Å². The molecule has 2 atom stereocenters. The Morgan fingerprint density at radius 2 is 1.75 bits per heavy atom. The van der Waals surface area contributed by atoms with Gasteiger partial charge in [-0.15, -0.1) is 0 Å². The Kier molecular flexibility index (Phi) is 6.90. The van der Waals surface area contributed by atoms with Crippen molar-refractivity contribution in [3.8, 4) is 17.1 Å². The number of hydrogen-bond donors (Lipinski definition) is 2. The summed E-state index contributed by atoms with van der Waals surface area (Å²) in [6.07, 6.45) is -1.24. The third-order valence-electron chi connectivity index (χ3n) is 6.58. The lowest BCUT2D eigenvalue weighted by Gasteiger charge is -2.24. The average molecular weight is 566 g/mol. The zero-order valence-corrected chi connectivity index (χ0v) is 23.7. The lowest BCUT2D eigenvalue weighted by molar-refractivity contribution is 0.0274. The van der Waals surface area contributed by atoms with Crippen molar-refractivity contribution in [3.05, 3.63) is 65.2 Å². The van der Waals surface area contributed by atoms with Gasteiger partial charge in [-0.25, -0.2) is 22.9 Å². The van der Waals surface area contributed by atoms with Crippen LogP contribution in [0.15, 0.2) is 53.4 Å². The molecular formula is C28H31N5O6S. The van der Waals surface area contributed by atoms with Crippen LogP contribution >= 0.6 is 0 Å². The van der Waals surface area contributed by atoms with Gasteiger partial charge in [-0.2, -0.15) is 4.98 Å². The second-order valence-corrected chi connectivity index (χ2v) is 12.6. The van der Waals surface area contributed by atoms with Gasteiger partial charge in [-0.3, -0.25) is 4.79 Å². The van der Waals surface area contributed by atoms with Gasteiger partial charge in [0, 0.05) is 23.7 Å². The summed E-state index contributed by atoms with van der Waals surface area (Å²) in [6.45, 7) is 9.44. The van der Waals surface area contributed by atoms with E-state index in [4.69, 9.17) is 9.47 Å². The largest absolute Gasteiger partial charge is 0.470 e. The van der Waals surface area contributed by atoms with E-state index in [2.05, 4.69) is 20.0 Å². The molecule has 11 nitrogen and oxygen atoms in total. The minimum absolute atomic E-state index is 0.0894. The molecular weight excluding hydrogens is 534 g/mol. The molecule has 3 aromatic rings. The standard InChI is InChI=1S/C28H31N5O6S/c1-16-8-6-9-17(2)24(16)20-13-23-31-26(30-20)32-40(36,37)19-11-7-10-18(12-19)25(34)29-21-14-33(15-22(21)38-23)27(35)39-28(3,4)5/h6-13,21-22H,14-15H2,1-5H3,(H,29,34)(H,30,31,32)/t21-,22-/m1/s1. The number of hydrogen-bond acceptors (Lipinski definition) is 8. The first kappa shape index (κ1) is 27.4. The van der Waals surface area contributed by atoms with Crippen LogP contribution in [0.5, 0.6) is 5.88 Å². The van der Waals surface area contributed by atoms with Gasteiger partial charge < -0.3 is 19.7 Å². The number of fused-ring (bicyclic) bond motifs is 5. The lowest BCUT2D eigenvalue weighted by atomic mass is 10.00. The van der Waals surface area contributed by atoms with Crippen molar-refractivity contribution in [1.29, 1.82) is 0 Å². The Labute approximate surface area is 233 Å². The molecule has 2 aromatic carbocycles. The molecule has 3 heterocycles. The number of aryl methyl sites for hydroxylation is 2. The summed E-state index contributed by atoms with van der Waals surface area (Å²) in [7, 11) is -4.14. The molecule has 4 bridgehead atoms. The minimum atomic E-state index is -4.14. The van der Waals surface area contributed by atoms with Crippen LogP contribution in [-0.4, -0.2) is 66.1 Å². The Bertz CT molecular complexity index is 1580. The first-order chi connectivity index (χ1) is 18.8. The van der Waals surface area contributed by atoms with Gasteiger partial charge in [-0.1, -0.05) is 24.3 Å². The number of amides is 2. The quantitative estimate of drug-likeness (QED) is 0.456. The van der Waals surface area contributed by atoms with E-state index in [1.54, 1.807) is 26.8 Å². The molecule has 2 aliphatic rings. The Balaban J connectivity index is 1.61. The van der Waals surface area contributed by atoms with Crippen LogP contribution in [0.3, 0.4) is 0 Å². The molecule has 2 N–H and O–H groups in total. The Morgan fingerprint density at radius 1 is 1.05 bits per heavy atom. The second kappa shape index (κ2) is 10.1. The van der Waals surface area contributed by atoms with Gasteiger partial charge in [0.2, 0.25) is 11.8 Å². The molecule has 210 valence electrons. The van der Waals surface area contributed by atoms with E-state index in [1.165, 1.54) is 29.2 Å². The number of nitrogens with zero attached hydrogens (tertiary/aromatic N) is 3. The summed E-state index contributed by atoms with van der Waals surface area (Å²) < 4.78 is 40.8. The first-order valence-corrected chi connectivity index (χ1v) is 14.3. The fourth-order valence-corrected chi connectivity index (χ4v) is 5.76. The van der Waals surface area contributed by atoms with Crippen LogP contribution in [0, 0.1) is 13.8 Å². The molecule has 2 aliphatic heterocycles. The first-order valence-electron chi connectivity index (χ1n) is 12.8. The maximum Gasteiger partial charge on any atom is 0.410 e. The molecule has 0 radical (unpaired) electrons. The van der Waals surface area contributed by atoms with Gasteiger partial charge in [0.15, 0.2) is 0 Å². The molecule has 40 heavy (non-hydrogen) atoms. The maximum atomic E-state index is 13.3. The fraction of sp³-hybridized carbons (Fsp3) is 0.357. The summed E-state index contributed by atoms with van der Waals surface area (Å²) in [5, 5.41) is 2.90. The number of aromatic nitrogens is 2. The zero-order chi connectivity index (χ0) is 28.8. The number of ether oxygens (including phenoxy) is 2. The van der Waals surface area contributed by atoms with Gasteiger partial charge in [0.25, 0.3) is 15.9 Å². The predicted molar refractivity (Wildman–Crippen MR) is 148 cm³/mol. The van der Waals surface area contributed by atoms with E-state index in [0.717, 1.165) is 16.7 Å². The van der Waals surface area contributed by atoms with Crippen molar-refractivity contribution in [3.63, 3.8) is 0 Å². The fourth-order valence-electron chi connectivity index (χ4n) is 4.78. The minimum Gasteiger partial charge on any atom is -0.470 e. The van der Waals surface area contributed by atoms with Gasteiger partial charge in [0.05, 0.1) is 23.2 Å². The molecule has 2 amide bonds. The summed E-state index contributed by atoms with van der Waals surface area (Å²) in [6, 6.07) is 12.5. The normalized spacial score (nSPS) is 20.0. The third kappa shape index (κ3) is 5.71. The molecule has 1 aromatic heterocycles. The van der Waals surface area contributed by atoms with Crippen molar-refractivity contribution in [2.24, 2.45) is 0 Å². The number of benzene rings is 2. The number of carbonyl (C=O) groups excluding carboxylic acids is 2. The summed E-state index contributed by atoms with van der Waals surface area (Å²) in [4.78, 5) is 36.3. The Morgan fingerprint density at radius 3 is 2.45 bits per heavy atom. The summed E-state index contributed by atoms with van der Waals surface area (Å²) >= 11 is 0. The van der Waals surface area contributed by atoms with E-state index in [0.29, 0.717) is 5.69 Å². The molecule has 0 unspecified atom stereocenters. The van der Waals surface area contributed by atoms with E-state index in [1.807, 2.05) is 32.0 Å². The molecule has 5 rings (SSSR count). The summed E-state index contributed by atoms with van der Waals surface area (Å²) in [5.74, 6) is -0.598. The van der Waals surface area contributed by atoms with Crippen molar-refractivity contribution >= 4 is 28.0 Å². The topological polar surface area (TPSA) is 140 Å². The highest BCUT2D eigenvalue weighted by Crippen LogP contribution is 2.31. The number of anilines is 1. The van der Waals surface area contributed by atoms with E-state index in [-0.39, 0.29) is 35.4 Å². The van der Waals surface area contributed by atoms with Crippen molar-refractivity contribution in [2.75, 3.05) is 17.8 Å². The van der Waals surface area contributed by atoms with E-state index < -0.39 is 39.8 Å². The third-order valence-corrected chi connectivity index (χ3v) is 7.90. The van der Waals surface area contributed by atoms with Crippen molar-refractivity contribution in [2.45, 2.75) is 57.3 Å². The highest BCUT2D eigenvalue weighted by Gasteiger charge is 2.40. The number of carbonyl (C=O) groups is 2. The zero-order valence-electron chi connectivity index (χ0n) is 22.9. The molecule has 0 saturated carbocycles. The number of rotatable bonds is 1. The molecule has 0 aliphatic carbocycles. The smallest absolute Gasteiger partial charge is 0.410 e. The Hall–Kier alpha value is -4.19. The van der Waals surface area contributed by atoms with Crippen LogP contribution in [0.25, 0.3) is 11.3 Å². The van der Waals surface area contributed by atoms with Crippen molar-refractivity contribution < 1.29 is 27.5 Å². The predicted octanol–water partition coefficient (Wildman–Crippen LogP) is 3.67. The lowest BCUT2D eigenvalue weighted by Crippen LogP contribution is -2.45. The van der Waals surface area contributed by atoms with Crippen LogP contribution in [0.2, 0.25) is 0 Å². The highest BCUT2D eigenvalue weighted by atomic mass is 32.2. The van der Waals surface area contributed by atoms with Crippen LogP contribution in [-0.2, 0) is 14.8 Å². The van der Waals surface area contributed by atoms with Crippen LogP contribution < -0.4 is 14.8 Å². The second-order valence-electron chi connectivity index (χ2n) is 10.9. The monoisotopic (exact) mass is 565 g/mol. The van der Waals surface area contributed by atoms with Crippen LogP contribution in [0.1, 0.15) is 42.3 Å². The molecule has 0 spiro atoms. The molecule has 1 saturated heterocycles. The average Bonchev–Trinajstić information content (AvgIpc) is 3.24. The number of likely N-dealkylation sites (tertiary alicyclic amines) is 1. The SMILES string of the molecule is Cc1cccc(C)c1-c1cc2nc(n1)NS(=O)(=O)c1cccc(c1)C(=O)N[C@@H]1CN(C(=O)OC(C)(C)C)C[C@H]1O2. The number of sulfonamides is 1. The van der Waals surface area contributed by atoms with Gasteiger partial charge in [0.1, 0.15) is 11.7 Å². The highest BCUT2D eigenvalue weighted by molar-refractivity contribution is 7.92. The van der Waals surface area contributed by atoms with E-state index >= 15 is 0 Å².